The zero-order chi connectivity index (χ0) is 15.4. The van der Waals surface area contributed by atoms with Crippen molar-refractivity contribution in [2.45, 2.75) is 19.9 Å². The first-order valence-corrected chi connectivity index (χ1v) is 6.39. The van der Waals surface area contributed by atoms with Crippen molar-refractivity contribution < 1.29 is 13.9 Å². The number of aryl methyl sites for hydroxylation is 1. The first-order chi connectivity index (χ1) is 10.0. The molecule has 21 heavy (non-hydrogen) atoms. The highest BCUT2D eigenvalue weighted by Gasteiger charge is 2.13. The van der Waals surface area contributed by atoms with Gasteiger partial charge in [0, 0.05) is 18.2 Å². The minimum absolute atomic E-state index is 0.0712. The fourth-order valence-electron chi connectivity index (χ4n) is 1.98. The maximum atomic E-state index is 13.5. The molecule has 0 saturated heterocycles. The fraction of sp³-hybridized carbons (Fsp3) is 0.267. The lowest BCUT2D eigenvalue weighted by atomic mass is 10.1. The number of aromatic nitrogens is 2. The van der Waals surface area contributed by atoms with Gasteiger partial charge in [-0.25, -0.2) is 9.37 Å². The summed E-state index contributed by atoms with van der Waals surface area (Å²) in [7, 11) is 1.37. The van der Waals surface area contributed by atoms with Crippen LogP contribution in [0.4, 0.5) is 4.39 Å². The van der Waals surface area contributed by atoms with Gasteiger partial charge in [-0.3, -0.25) is 14.2 Å². The number of halogens is 1. The topological polar surface area (TPSA) is 61.2 Å². The van der Waals surface area contributed by atoms with Gasteiger partial charge < -0.3 is 4.74 Å². The molecule has 1 aromatic carbocycles. The number of carbonyl (C=O) groups excluding carboxylic acids is 1. The van der Waals surface area contributed by atoms with Crippen LogP contribution < -0.4 is 10.3 Å². The van der Waals surface area contributed by atoms with Crippen molar-refractivity contribution in [3.8, 4) is 6.01 Å². The predicted molar refractivity (Wildman–Crippen MR) is 74.9 cm³/mol. The second-order valence-electron chi connectivity index (χ2n) is 4.62. The molecule has 1 aromatic heterocycles. The SMILES string of the molecule is COc1nc(C)cc(=O)n1CC(=O)Cc1ccccc1F. The second-order valence-corrected chi connectivity index (χ2v) is 4.62. The molecular weight excluding hydrogens is 275 g/mol. The average molecular weight is 290 g/mol. The number of hydrogen-bond donors (Lipinski definition) is 0. The molecule has 1 heterocycles. The van der Waals surface area contributed by atoms with E-state index in [9.17, 15) is 14.0 Å². The van der Waals surface area contributed by atoms with Gasteiger partial charge in [-0.15, -0.1) is 0 Å². The molecule has 110 valence electrons. The highest BCUT2D eigenvalue weighted by molar-refractivity contribution is 5.80. The Morgan fingerprint density at radius 1 is 1.38 bits per heavy atom. The van der Waals surface area contributed by atoms with Gasteiger partial charge in [-0.1, -0.05) is 18.2 Å². The van der Waals surface area contributed by atoms with Crippen molar-refractivity contribution in [3.05, 3.63) is 57.8 Å². The summed E-state index contributed by atoms with van der Waals surface area (Å²) in [5, 5.41) is 0. The van der Waals surface area contributed by atoms with E-state index in [1.165, 1.54) is 19.2 Å². The van der Waals surface area contributed by atoms with Gasteiger partial charge in [0.05, 0.1) is 13.7 Å². The lowest BCUT2D eigenvalue weighted by Gasteiger charge is -2.10. The summed E-state index contributed by atoms with van der Waals surface area (Å²) in [5.74, 6) is -0.738. The van der Waals surface area contributed by atoms with Gasteiger partial charge in [0.15, 0.2) is 5.78 Å². The highest BCUT2D eigenvalue weighted by Crippen LogP contribution is 2.09. The molecule has 0 N–H and O–H groups in total. The molecule has 0 atom stereocenters. The lowest BCUT2D eigenvalue weighted by molar-refractivity contribution is -0.119. The highest BCUT2D eigenvalue weighted by atomic mass is 19.1. The number of nitrogens with zero attached hydrogens (tertiary/aromatic N) is 2. The normalized spacial score (nSPS) is 10.4. The van der Waals surface area contributed by atoms with Crippen LogP contribution in [0.5, 0.6) is 6.01 Å². The van der Waals surface area contributed by atoms with Crippen LogP contribution in [-0.4, -0.2) is 22.4 Å². The monoisotopic (exact) mass is 290 g/mol. The third-order valence-electron chi connectivity index (χ3n) is 2.96. The summed E-state index contributed by atoms with van der Waals surface area (Å²) in [6.45, 7) is 1.46. The number of ether oxygens (including phenoxy) is 1. The number of hydrogen-bond acceptors (Lipinski definition) is 4. The summed E-state index contributed by atoms with van der Waals surface area (Å²) < 4.78 is 19.7. The third kappa shape index (κ3) is 3.53. The summed E-state index contributed by atoms with van der Waals surface area (Å²) in [4.78, 5) is 28.0. The molecule has 0 fully saturated rings. The molecular formula is C15H15FN2O3. The average Bonchev–Trinajstić information content (AvgIpc) is 2.44. The maximum Gasteiger partial charge on any atom is 0.299 e. The van der Waals surface area contributed by atoms with E-state index in [2.05, 4.69) is 4.98 Å². The van der Waals surface area contributed by atoms with Crippen LogP contribution in [0.1, 0.15) is 11.3 Å². The first-order valence-electron chi connectivity index (χ1n) is 6.39. The molecule has 0 aliphatic rings. The third-order valence-corrected chi connectivity index (χ3v) is 2.96. The van der Waals surface area contributed by atoms with Gasteiger partial charge in [0.25, 0.3) is 11.6 Å². The van der Waals surface area contributed by atoms with Gasteiger partial charge in [0.1, 0.15) is 5.82 Å². The molecule has 0 spiro atoms. The molecule has 5 nitrogen and oxygen atoms in total. The largest absolute Gasteiger partial charge is 0.468 e. The van der Waals surface area contributed by atoms with E-state index in [1.807, 2.05) is 0 Å². The van der Waals surface area contributed by atoms with E-state index in [0.29, 0.717) is 11.3 Å². The molecule has 0 aliphatic heterocycles. The number of carbonyl (C=O) groups is 1. The molecule has 0 amide bonds. The molecule has 0 unspecified atom stereocenters. The number of Topliss-reactive ketones (excluding diaryl/α,β-unsaturated/α-hetero) is 1. The molecule has 2 aromatic rings. The lowest BCUT2D eigenvalue weighted by Crippen LogP contribution is -2.27. The van der Waals surface area contributed by atoms with E-state index < -0.39 is 5.82 Å². The molecule has 2 rings (SSSR count). The molecule has 0 radical (unpaired) electrons. The summed E-state index contributed by atoms with van der Waals surface area (Å²) in [6, 6.07) is 7.44. The summed E-state index contributed by atoms with van der Waals surface area (Å²) >= 11 is 0. The predicted octanol–water partition coefficient (Wildman–Crippen LogP) is 1.51. The van der Waals surface area contributed by atoms with Gasteiger partial charge >= 0.3 is 0 Å². The van der Waals surface area contributed by atoms with Crippen LogP contribution in [0.3, 0.4) is 0 Å². The molecule has 0 aliphatic carbocycles. The smallest absolute Gasteiger partial charge is 0.299 e. The fourth-order valence-corrected chi connectivity index (χ4v) is 1.98. The van der Waals surface area contributed by atoms with Gasteiger partial charge in [0.2, 0.25) is 0 Å². The van der Waals surface area contributed by atoms with Crippen molar-refractivity contribution in [1.82, 2.24) is 9.55 Å². The Balaban J connectivity index is 2.21. The van der Waals surface area contributed by atoms with Crippen molar-refractivity contribution in [1.29, 1.82) is 0 Å². The number of rotatable bonds is 5. The van der Waals surface area contributed by atoms with E-state index >= 15 is 0 Å². The molecule has 6 heteroatoms. The maximum absolute atomic E-state index is 13.5. The Bertz CT molecular complexity index is 725. The quantitative estimate of drug-likeness (QED) is 0.837. The van der Waals surface area contributed by atoms with E-state index in [4.69, 9.17) is 4.74 Å². The van der Waals surface area contributed by atoms with Crippen LogP contribution >= 0.6 is 0 Å². The Morgan fingerprint density at radius 2 is 2.10 bits per heavy atom. The van der Waals surface area contributed by atoms with Crippen molar-refractivity contribution >= 4 is 5.78 Å². The van der Waals surface area contributed by atoms with Crippen LogP contribution in [0, 0.1) is 12.7 Å². The van der Waals surface area contributed by atoms with E-state index in [0.717, 1.165) is 4.57 Å². The Labute approximate surface area is 121 Å². The van der Waals surface area contributed by atoms with Crippen LogP contribution in [0.25, 0.3) is 0 Å². The zero-order valence-electron chi connectivity index (χ0n) is 11.8. The minimum Gasteiger partial charge on any atom is -0.468 e. The number of ketones is 1. The van der Waals surface area contributed by atoms with Crippen molar-refractivity contribution in [3.63, 3.8) is 0 Å². The molecule has 0 bridgehead atoms. The van der Waals surface area contributed by atoms with Crippen LogP contribution in [0.15, 0.2) is 35.1 Å². The second kappa shape index (κ2) is 6.30. The Hall–Kier alpha value is -2.50. The minimum atomic E-state index is -0.438. The summed E-state index contributed by atoms with van der Waals surface area (Å²) in [5.41, 5.74) is 0.436. The van der Waals surface area contributed by atoms with Crippen LogP contribution in [0.2, 0.25) is 0 Å². The zero-order valence-corrected chi connectivity index (χ0v) is 11.8. The van der Waals surface area contributed by atoms with Crippen molar-refractivity contribution in [2.24, 2.45) is 0 Å². The van der Waals surface area contributed by atoms with Gasteiger partial charge in [-0.2, -0.15) is 0 Å². The number of methoxy groups -OCH3 is 1. The van der Waals surface area contributed by atoms with Gasteiger partial charge in [-0.05, 0) is 18.6 Å². The molecule has 0 saturated carbocycles. The Kier molecular flexibility index (Phi) is 4.47. The van der Waals surface area contributed by atoms with E-state index in [1.54, 1.807) is 25.1 Å². The van der Waals surface area contributed by atoms with Crippen molar-refractivity contribution in [2.75, 3.05) is 7.11 Å². The number of benzene rings is 1. The standard InChI is InChI=1S/C15H15FN2O3/c1-10-7-14(20)18(15(17-10)21-2)9-12(19)8-11-5-3-4-6-13(11)16/h3-7H,8-9H2,1-2H3. The first kappa shape index (κ1) is 14.9. The van der Waals surface area contributed by atoms with E-state index in [-0.39, 0.29) is 30.3 Å². The van der Waals surface area contributed by atoms with Crippen LogP contribution in [-0.2, 0) is 17.8 Å². The summed E-state index contributed by atoms with van der Waals surface area (Å²) in [6.07, 6.45) is -0.0872. The Morgan fingerprint density at radius 3 is 2.76 bits per heavy atom.